The zero-order valence-corrected chi connectivity index (χ0v) is 10.3. The van der Waals surface area contributed by atoms with Crippen LogP contribution in [0.25, 0.3) is 0 Å². The first-order valence-corrected chi connectivity index (χ1v) is 8.21. The van der Waals surface area contributed by atoms with Crippen LogP contribution in [0.1, 0.15) is 19.8 Å². The Kier molecular flexibility index (Phi) is 2.23. The highest BCUT2D eigenvalue weighted by molar-refractivity contribution is 8.11. The molecule has 0 aliphatic carbocycles. The number of sulfone groups is 2. The van der Waals surface area contributed by atoms with E-state index in [-0.39, 0.29) is 0 Å². The van der Waals surface area contributed by atoms with Crippen LogP contribution >= 0.6 is 0 Å². The van der Waals surface area contributed by atoms with Crippen molar-refractivity contribution in [2.75, 3.05) is 12.9 Å². The maximum absolute atomic E-state index is 11.9. The van der Waals surface area contributed by atoms with Crippen molar-refractivity contribution in [1.29, 1.82) is 0 Å². The third kappa shape index (κ3) is 1.17. The fraction of sp³-hybridized carbons (Fsp3) is 1.00. The average Bonchev–Trinajstić information content (AvgIpc) is 2.15. The minimum absolute atomic E-state index is 0.446. The van der Waals surface area contributed by atoms with Gasteiger partial charge in [-0.25, -0.2) is 16.8 Å². The minimum atomic E-state index is -3.66. The molecule has 2 heterocycles. The Hall–Kier alpha value is -0.140. The molecule has 2 aliphatic rings. The second kappa shape index (κ2) is 2.95. The molecule has 0 unspecified atom stereocenters. The molecule has 0 bridgehead atoms. The quantitative estimate of drug-likeness (QED) is 0.643. The molecule has 7 heteroatoms. The highest BCUT2D eigenvalue weighted by Gasteiger charge is 2.71. The highest BCUT2D eigenvalue weighted by atomic mass is 32.3. The second-order valence-corrected chi connectivity index (χ2v) is 9.50. The van der Waals surface area contributed by atoms with Crippen molar-refractivity contribution in [1.82, 2.24) is 0 Å². The molecule has 0 N–H and O–H groups in total. The molecular formula is C8H14O5S2. The van der Waals surface area contributed by atoms with Crippen LogP contribution in [0.2, 0.25) is 0 Å². The van der Waals surface area contributed by atoms with Gasteiger partial charge in [0.25, 0.3) is 0 Å². The summed E-state index contributed by atoms with van der Waals surface area (Å²) in [6, 6.07) is 0. The average molecular weight is 254 g/mol. The first kappa shape index (κ1) is 11.3. The summed E-state index contributed by atoms with van der Waals surface area (Å²) in [7, 11) is -7.25. The Morgan fingerprint density at radius 1 is 1.40 bits per heavy atom. The van der Waals surface area contributed by atoms with Crippen LogP contribution in [0.15, 0.2) is 0 Å². The van der Waals surface area contributed by atoms with Gasteiger partial charge >= 0.3 is 0 Å². The standard InChI is InChI=1S/C8H14O5S2/c1-8(14(2,9)10)7-6(15(8,11)12)4-3-5-13-7/h6-7H,3-5H2,1-2H3/t6-,7+,8-/m1/s1. The van der Waals surface area contributed by atoms with Gasteiger partial charge in [0.15, 0.2) is 23.8 Å². The number of hydrogen-bond donors (Lipinski definition) is 0. The lowest BCUT2D eigenvalue weighted by molar-refractivity contribution is -0.00533. The van der Waals surface area contributed by atoms with E-state index in [2.05, 4.69) is 0 Å². The van der Waals surface area contributed by atoms with E-state index in [9.17, 15) is 16.8 Å². The first-order chi connectivity index (χ1) is 6.73. The summed E-state index contributed by atoms with van der Waals surface area (Å²) in [6.45, 7) is 1.70. The number of ether oxygens (including phenoxy) is 1. The summed E-state index contributed by atoms with van der Waals surface area (Å²) < 4.78 is 50.4. The largest absolute Gasteiger partial charge is 0.374 e. The molecule has 2 aliphatic heterocycles. The second-order valence-electron chi connectivity index (χ2n) is 4.31. The van der Waals surface area contributed by atoms with E-state index < -0.39 is 35.1 Å². The van der Waals surface area contributed by atoms with Crippen molar-refractivity contribution in [2.45, 2.75) is 35.2 Å². The van der Waals surface area contributed by atoms with Crippen molar-refractivity contribution in [3.63, 3.8) is 0 Å². The van der Waals surface area contributed by atoms with Gasteiger partial charge < -0.3 is 4.74 Å². The van der Waals surface area contributed by atoms with Crippen LogP contribution in [0.3, 0.4) is 0 Å². The van der Waals surface area contributed by atoms with Crippen molar-refractivity contribution in [3.05, 3.63) is 0 Å². The van der Waals surface area contributed by atoms with Crippen molar-refractivity contribution in [3.8, 4) is 0 Å². The molecule has 0 saturated carbocycles. The van der Waals surface area contributed by atoms with E-state index in [1.165, 1.54) is 6.92 Å². The number of rotatable bonds is 1. The Balaban J connectivity index is 2.51. The van der Waals surface area contributed by atoms with E-state index in [1.807, 2.05) is 0 Å². The Morgan fingerprint density at radius 2 is 2.00 bits per heavy atom. The van der Waals surface area contributed by atoms with Gasteiger partial charge in [-0.3, -0.25) is 0 Å². The van der Waals surface area contributed by atoms with Gasteiger partial charge in [-0.1, -0.05) is 0 Å². The van der Waals surface area contributed by atoms with Gasteiger partial charge in [0, 0.05) is 12.9 Å². The maximum atomic E-state index is 11.9. The zero-order chi connectivity index (χ0) is 11.5. The van der Waals surface area contributed by atoms with Crippen LogP contribution in [-0.2, 0) is 24.4 Å². The molecule has 2 saturated heterocycles. The zero-order valence-electron chi connectivity index (χ0n) is 8.63. The third-order valence-corrected chi connectivity index (χ3v) is 9.44. The van der Waals surface area contributed by atoms with Gasteiger partial charge in [-0.05, 0) is 19.8 Å². The third-order valence-electron chi connectivity index (χ3n) is 3.48. The SMILES string of the molecule is C[C@]1(S(C)(=O)=O)[C@H]2OCCC[C@H]2S1(=O)=O. The lowest BCUT2D eigenvalue weighted by atomic mass is 10.0. The van der Waals surface area contributed by atoms with Crippen LogP contribution in [0, 0.1) is 0 Å². The van der Waals surface area contributed by atoms with E-state index in [4.69, 9.17) is 4.74 Å². The highest BCUT2D eigenvalue weighted by Crippen LogP contribution is 2.49. The number of hydrogen-bond acceptors (Lipinski definition) is 5. The molecule has 0 amide bonds. The monoisotopic (exact) mass is 254 g/mol. The van der Waals surface area contributed by atoms with Gasteiger partial charge in [-0.15, -0.1) is 0 Å². The summed E-state index contributed by atoms with van der Waals surface area (Å²) in [4.78, 5) is 0. The van der Waals surface area contributed by atoms with Gasteiger partial charge in [-0.2, -0.15) is 0 Å². The van der Waals surface area contributed by atoms with Gasteiger partial charge in [0.05, 0.1) is 5.25 Å². The molecule has 0 aromatic heterocycles. The summed E-state index contributed by atoms with van der Waals surface area (Å²) in [5, 5.41) is -0.619. The molecule has 2 rings (SSSR count). The normalized spacial score (nSPS) is 44.1. The summed E-state index contributed by atoms with van der Waals surface area (Å²) >= 11 is 0. The fourth-order valence-corrected chi connectivity index (χ4v) is 7.26. The minimum Gasteiger partial charge on any atom is -0.374 e. The fourth-order valence-electron chi connectivity index (χ4n) is 2.37. The predicted octanol–water partition coefficient (Wildman–Crippen LogP) is -0.277. The van der Waals surface area contributed by atoms with E-state index >= 15 is 0 Å². The molecule has 0 aromatic rings. The van der Waals surface area contributed by atoms with Crippen molar-refractivity contribution < 1.29 is 21.6 Å². The molecule has 0 radical (unpaired) electrons. The van der Waals surface area contributed by atoms with Gasteiger partial charge in [0.2, 0.25) is 0 Å². The molecule has 5 nitrogen and oxygen atoms in total. The maximum Gasteiger partial charge on any atom is 0.197 e. The first-order valence-electron chi connectivity index (χ1n) is 4.77. The van der Waals surface area contributed by atoms with Crippen LogP contribution < -0.4 is 0 Å². The van der Waals surface area contributed by atoms with E-state index in [0.29, 0.717) is 19.4 Å². The van der Waals surface area contributed by atoms with Crippen molar-refractivity contribution >= 4 is 19.7 Å². The predicted molar refractivity (Wildman–Crippen MR) is 54.9 cm³/mol. The molecule has 2 fully saturated rings. The molecule has 15 heavy (non-hydrogen) atoms. The molecule has 88 valence electrons. The number of fused-ring (bicyclic) bond motifs is 1. The van der Waals surface area contributed by atoms with E-state index in [0.717, 1.165) is 6.26 Å². The lowest BCUT2D eigenvalue weighted by Gasteiger charge is -2.52. The molecule has 0 aromatic carbocycles. The van der Waals surface area contributed by atoms with Gasteiger partial charge in [0.1, 0.15) is 6.10 Å². The summed E-state index contributed by atoms with van der Waals surface area (Å²) in [6.07, 6.45) is 1.48. The molecular weight excluding hydrogens is 240 g/mol. The Labute approximate surface area is 89.6 Å². The van der Waals surface area contributed by atoms with Crippen LogP contribution in [0.5, 0.6) is 0 Å². The van der Waals surface area contributed by atoms with Crippen LogP contribution in [0.4, 0.5) is 0 Å². The Morgan fingerprint density at radius 3 is 2.53 bits per heavy atom. The topological polar surface area (TPSA) is 77.5 Å². The van der Waals surface area contributed by atoms with Crippen molar-refractivity contribution in [2.24, 2.45) is 0 Å². The summed E-state index contributed by atoms with van der Waals surface area (Å²) in [5.74, 6) is 0. The Bertz CT molecular complexity index is 477. The van der Waals surface area contributed by atoms with Crippen LogP contribution in [-0.4, -0.2) is 45.1 Å². The molecule has 3 atom stereocenters. The summed E-state index contributed by atoms with van der Waals surface area (Å²) in [5.41, 5.74) is 0. The van der Waals surface area contributed by atoms with E-state index in [1.54, 1.807) is 0 Å². The smallest absolute Gasteiger partial charge is 0.197 e. The lowest BCUT2D eigenvalue weighted by Crippen LogP contribution is -2.73. The molecule has 0 spiro atoms.